The molecule has 0 amide bonds. The van der Waals surface area contributed by atoms with Gasteiger partial charge in [0.1, 0.15) is 5.75 Å². The van der Waals surface area contributed by atoms with Gasteiger partial charge in [-0.15, -0.1) is 0 Å². The molecule has 1 aromatic rings. The Bertz CT molecular complexity index is 361. The van der Waals surface area contributed by atoms with Crippen LogP contribution in [0.2, 0.25) is 0 Å². The summed E-state index contributed by atoms with van der Waals surface area (Å²) in [5, 5.41) is 0. The zero-order valence-electron chi connectivity index (χ0n) is 10.0. The van der Waals surface area contributed by atoms with Gasteiger partial charge in [-0.1, -0.05) is 20.8 Å². The highest BCUT2D eigenvalue weighted by Gasteiger charge is 2.25. The first-order valence-electron chi connectivity index (χ1n) is 5.60. The number of ether oxygens (including phenoxy) is 1. The van der Waals surface area contributed by atoms with E-state index in [1.165, 1.54) is 18.4 Å². The van der Waals surface area contributed by atoms with Gasteiger partial charge in [0.2, 0.25) is 0 Å². The number of aromatic nitrogens is 1. The van der Waals surface area contributed by atoms with Gasteiger partial charge in [0.15, 0.2) is 0 Å². The molecule has 0 unspecified atom stereocenters. The fourth-order valence-electron chi connectivity index (χ4n) is 1.44. The number of nitrogens with zero attached hydrogens (tertiary/aromatic N) is 1. The summed E-state index contributed by atoms with van der Waals surface area (Å²) < 4.78 is 5.76. The zero-order valence-corrected chi connectivity index (χ0v) is 10.0. The Kier molecular flexibility index (Phi) is 2.45. The summed E-state index contributed by atoms with van der Waals surface area (Å²) in [5.41, 5.74) is 2.44. The van der Waals surface area contributed by atoms with Gasteiger partial charge in [-0.05, 0) is 31.4 Å². The van der Waals surface area contributed by atoms with Crippen LogP contribution < -0.4 is 4.74 Å². The first kappa shape index (κ1) is 10.5. The van der Waals surface area contributed by atoms with Gasteiger partial charge in [-0.2, -0.15) is 0 Å². The monoisotopic (exact) mass is 205 g/mol. The molecule has 0 aliphatic heterocycles. The number of rotatable bonds is 2. The van der Waals surface area contributed by atoms with Crippen molar-refractivity contribution in [3.8, 4) is 5.75 Å². The molecule has 1 aliphatic rings. The van der Waals surface area contributed by atoms with Crippen LogP contribution in [0, 0.1) is 6.92 Å². The second kappa shape index (κ2) is 3.51. The summed E-state index contributed by atoms with van der Waals surface area (Å²) in [7, 11) is 0. The third kappa shape index (κ3) is 2.49. The number of hydrogen-bond donors (Lipinski definition) is 0. The highest BCUT2D eigenvalue weighted by Crippen LogP contribution is 2.30. The number of aryl methyl sites for hydroxylation is 1. The summed E-state index contributed by atoms with van der Waals surface area (Å²) in [6.07, 6.45) is 4.71. The van der Waals surface area contributed by atoms with Gasteiger partial charge in [-0.3, -0.25) is 4.98 Å². The lowest BCUT2D eigenvalue weighted by atomic mass is 9.91. The van der Waals surface area contributed by atoms with E-state index in [1.807, 2.05) is 6.20 Å². The molecule has 1 fully saturated rings. The molecule has 0 saturated heterocycles. The number of hydrogen-bond acceptors (Lipinski definition) is 2. The van der Waals surface area contributed by atoms with E-state index in [4.69, 9.17) is 4.74 Å². The van der Waals surface area contributed by atoms with Crippen LogP contribution in [-0.4, -0.2) is 11.1 Å². The second-order valence-electron chi connectivity index (χ2n) is 5.40. The van der Waals surface area contributed by atoms with Crippen LogP contribution in [0.4, 0.5) is 0 Å². The summed E-state index contributed by atoms with van der Waals surface area (Å²) in [6, 6.07) is 2.14. The highest BCUT2D eigenvalue weighted by atomic mass is 16.5. The molecular formula is C13H19NO. The molecule has 1 aliphatic carbocycles. The Labute approximate surface area is 91.7 Å². The summed E-state index contributed by atoms with van der Waals surface area (Å²) in [5.74, 6) is 0.950. The minimum absolute atomic E-state index is 0.114. The van der Waals surface area contributed by atoms with Crippen molar-refractivity contribution in [2.75, 3.05) is 0 Å². The van der Waals surface area contributed by atoms with E-state index in [9.17, 15) is 0 Å². The van der Waals surface area contributed by atoms with Gasteiger partial charge >= 0.3 is 0 Å². The smallest absolute Gasteiger partial charge is 0.140 e. The average Bonchev–Trinajstić information content (AvgIpc) is 2.90. The molecule has 82 valence electrons. The molecule has 1 aromatic heterocycles. The van der Waals surface area contributed by atoms with Crippen molar-refractivity contribution in [1.82, 2.24) is 4.98 Å². The number of pyridine rings is 1. The molecule has 0 N–H and O–H groups in total. The Hall–Kier alpha value is -1.05. The summed E-state index contributed by atoms with van der Waals surface area (Å²) in [6.45, 7) is 8.62. The van der Waals surface area contributed by atoms with E-state index < -0.39 is 0 Å². The van der Waals surface area contributed by atoms with E-state index in [0.717, 1.165) is 11.4 Å². The molecular weight excluding hydrogens is 186 g/mol. The third-order valence-electron chi connectivity index (χ3n) is 2.65. The lowest BCUT2D eigenvalue weighted by molar-refractivity contribution is 0.299. The lowest BCUT2D eigenvalue weighted by Crippen LogP contribution is -2.14. The molecule has 1 saturated carbocycles. The van der Waals surface area contributed by atoms with Crippen LogP contribution in [0.25, 0.3) is 0 Å². The maximum absolute atomic E-state index is 5.76. The molecule has 1 heterocycles. The molecule has 0 atom stereocenters. The predicted octanol–water partition coefficient (Wildman–Crippen LogP) is 3.23. The van der Waals surface area contributed by atoms with Gasteiger partial charge in [-0.25, -0.2) is 0 Å². The van der Waals surface area contributed by atoms with Crippen molar-refractivity contribution in [2.45, 2.75) is 52.1 Å². The maximum Gasteiger partial charge on any atom is 0.140 e. The van der Waals surface area contributed by atoms with Crippen LogP contribution in [0.1, 0.15) is 44.9 Å². The largest absolute Gasteiger partial charge is 0.489 e. The molecule has 0 bridgehead atoms. The Morgan fingerprint density at radius 3 is 2.47 bits per heavy atom. The molecule has 2 rings (SSSR count). The standard InChI is InChI=1S/C13H19NO/c1-9-7-12(13(2,3)4)14-8-11(9)15-10-5-6-10/h7-8,10H,5-6H2,1-4H3. The molecule has 0 spiro atoms. The maximum atomic E-state index is 5.76. The Morgan fingerprint density at radius 1 is 1.33 bits per heavy atom. The molecule has 2 nitrogen and oxygen atoms in total. The Balaban J connectivity index is 2.21. The van der Waals surface area contributed by atoms with Crippen molar-refractivity contribution in [3.63, 3.8) is 0 Å². The van der Waals surface area contributed by atoms with Gasteiger partial charge < -0.3 is 4.74 Å². The van der Waals surface area contributed by atoms with Crippen molar-refractivity contribution in [3.05, 3.63) is 23.5 Å². The average molecular weight is 205 g/mol. The van der Waals surface area contributed by atoms with E-state index in [2.05, 4.69) is 38.7 Å². The SMILES string of the molecule is Cc1cc(C(C)(C)C)ncc1OC1CC1. The fourth-order valence-corrected chi connectivity index (χ4v) is 1.44. The second-order valence-corrected chi connectivity index (χ2v) is 5.40. The zero-order chi connectivity index (χ0) is 11.1. The van der Waals surface area contributed by atoms with Gasteiger partial charge in [0, 0.05) is 11.1 Å². The van der Waals surface area contributed by atoms with Crippen LogP contribution in [-0.2, 0) is 5.41 Å². The molecule has 0 radical (unpaired) electrons. The minimum atomic E-state index is 0.114. The third-order valence-corrected chi connectivity index (χ3v) is 2.65. The highest BCUT2D eigenvalue weighted by molar-refractivity contribution is 5.33. The Morgan fingerprint density at radius 2 is 2.00 bits per heavy atom. The van der Waals surface area contributed by atoms with Crippen molar-refractivity contribution in [1.29, 1.82) is 0 Å². The van der Waals surface area contributed by atoms with E-state index in [0.29, 0.717) is 6.10 Å². The van der Waals surface area contributed by atoms with Crippen LogP contribution in [0.5, 0.6) is 5.75 Å². The van der Waals surface area contributed by atoms with Gasteiger partial charge in [0.25, 0.3) is 0 Å². The normalized spacial score (nSPS) is 16.5. The van der Waals surface area contributed by atoms with E-state index >= 15 is 0 Å². The fraction of sp³-hybridized carbons (Fsp3) is 0.615. The quantitative estimate of drug-likeness (QED) is 0.739. The van der Waals surface area contributed by atoms with Crippen LogP contribution >= 0.6 is 0 Å². The summed E-state index contributed by atoms with van der Waals surface area (Å²) >= 11 is 0. The van der Waals surface area contributed by atoms with Crippen molar-refractivity contribution >= 4 is 0 Å². The van der Waals surface area contributed by atoms with Crippen LogP contribution in [0.15, 0.2) is 12.3 Å². The minimum Gasteiger partial charge on any atom is -0.489 e. The molecule has 2 heteroatoms. The van der Waals surface area contributed by atoms with E-state index in [-0.39, 0.29) is 5.41 Å². The van der Waals surface area contributed by atoms with Gasteiger partial charge in [0.05, 0.1) is 12.3 Å². The first-order chi connectivity index (χ1) is 6.97. The van der Waals surface area contributed by atoms with E-state index in [1.54, 1.807) is 0 Å². The predicted molar refractivity (Wildman–Crippen MR) is 61.3 cm³/mol. The topological polar surface area (TPSA) is 22.1 Å². The van der Waals surface area contributed by atoms with Crippen molar-refractivity contribution in [2.24, 2.45) is 0 Å². The lowest BCUT2D eigenvalue weighted by Gasteiger charge is -2.19. The first-order valence-corrected chi connectivity index (χ1v) is 5.60. The van der Waals surface area contributed by atoms with Crippen LogP contribution in [0.3, 0.4) is 0 Å². The molecule has 15 heavy (non-hydrogen) atoms. The molecule has 0 aromatic carbocycles. The summed E-state index contributed by atoms with van der Waals surface area (Å²) in [4.78, 5) is 4.47. The van der Waals surface area contributed by atoms with Crippen molar-refractivity contribution < 1.29 is 4.74 Å².